The van der Waals surface area contributed by atoms with Crippen LogP contribution < -0.4 is 0 Å². The molecule has 0 spiro atoms. The molecule has 0 saturated carbocycles. The van der Waals surface area contributed by atoms with E-state index >= 15 is 0 Å². The Morgan fingerprint density at radius 3 is 2.00 bits per heavy atom. The molecule has 4 rings (SSSR count). The van der Waals surface area contributed by atoms with E-state index in [2.05, 4.69) is 77.4 Å². The number of fused-ring (bicyclic) bond motifs is 3. The molecule has 0 aliphatic carbocycles. The second-order valence-corrected chi connectivity index (χ2v) is 7.41. The monoisotopic (exact) mass is 377 g/mol. The van der Waals surface area contributed by atoms with Crippen molar-refractivity contribution in [1.82, 2.24) is 4.57 Å². The van der Waals surface area contributed by atoms with Crippen LogP contribution in [0, 0.1) is 0 Å². The molecule has 1 unspecified atom stereocenters. The second kappa shape index (κ2) is 8.16. The summed E-state index contributed by atoms with van der Waals surface area (Å²) in [6.07, 6.45) is 4.18. The van der Waals surface area contributed by atoms with E-state index in [0.717, 1.165) is 25.7 Å². The maximum Gasteiger partial charge on any atom is 0.130 e. The summed E-state index contributed by atoms with van der Waals surface area (Å²) in [5.41, 5.74) is 4.90. The molecule has 27 heavy (non-hydrogen) atoms. The molecule has 3 aromatic carbocycles. The number of para-hydroxylation sites is 2. The Balaban J connectivity index is 1.59. The van der Waals surface area contributed by atoms with Gasteiger partial charge in [0.2, 0.25) is 0 Å². The molecule has 0 N–H and O–H groups in total. The molecule has 0 radical (unpaired) electrons. The first-order chi connectivity index (χ1) is 13.3. The predicted molar refractivity (Wildman–Crippen MR) is 115 cm³/mol. The molecule has 0 fully saturated rings. The molecule has 3 heteroatoms. The molecule has 0 bridgehead atoms. The lowest BCUT2D eigenvalue weighted by molar-refractivity contribution is 0.157. The van der Waals surface area contributed by atoms with E-state index in [1.165, 1.54) is 33.1 Å². The third-order valence-electron chi connectivity index (χ3n) is 5.18. The fraction of sp³-hybridized carbons (Fsp3) is 0.250. The average Bonchev–Trinajstić information content (AvgIpc) is 3.06. The number of aromatic nitrogens is 1. The lowest BCUT2D eigenvalue weighted by Crippen LogP contribution is -2.00. The lowest BCUT2D eigenvalue weighted by atomic mass is 10.1. The Bertz CT molecular complexity index is 982. The van der Waals surface area contributed by atoms with Gasteiger partial charge in [0.15, 0.2) is 0 Å². The number of alkyl halides is 1. The van der Waals surface area contributed by atoms with E-state index in [1.54, 1.807) is 7.11 Å². The van der Waals surface area contributed by atoms with Crippen molar-refractivity contribution in [2.75, 3.05) is 7.11 Å². The Kier molecular flexibility index (Phi) is 5.47. The Morgan fingerprint density at radius 2 is 1.41 bits per heavy atom. The summed E-state index contributed by atoms with van der Waals surface area (Å²) in [7, 11) is 1.66. The Morgan fingerprint density at radius 1 is 0.815 bits per heavy atom. The van der Waals surface area contributed by atoms with Gasteiger partial charge in [0, 0.05) is 23.6 Å². The zero-order valence-corrected chi connectivity index (χ0v) is 16.3. The number of unbranched alkanes of at least 4 members (excludes halogenated alkanes) is 1. The van der Waals surface area contributed by atoms with Gasteiger partial charge in [-0.15, -0.1) is 0 Å². The number of halogens is 1. The van der Waals surface area contributed by atoms with Crippen molar-refractivity contribution >= 4 is 33.4 Å². The molecule has 0 aliphatic rings. The molecule has 1 atom stereocenters. The number of aryl methyl sites for hydroxylation is 1. The average molecular weight is 378 g/mol. The maximum atomic E-state index is 6.00. The van der Waals surface area contributed by atoms with Crippen molar-refractivity contribution in [3.8, 4) is 5.69 Å². The van der Waals surface area contributed by atoms with E-state index in [0.29, 0.717) is 0 Å². The van der Waals surface area contributed by atoms with Crippen molar-refractivity contribution in [3.05, 3.63) is 78.4 Å². The summed E-state index contributed by atoms with van der Waals surface area (Å²) in [4.78, 5) is 0. The first kappa shape index (κ1) is 18.1. The summed E-state index contributed by atoms with van der Waals surface area (Å²) in [6.45, 7) is 0. The first-order valence-electron chi connectivity index (χ1n) is 9.52. The molecule has 1 aromatic heterocycles. The van der Waals surface area contributed by atoms with Crippen molar-refractivity contribution in [2.24, 2.45) is 0 Å². The zero-order valence-electron chi connectivity index (χ0n) is 15.6. The predicted octanol–water partition coefficient (Wildman–Crippen LogP) is 6.71. The highest BCUT2D eigenvalue weighted by atomic mass is 35.5. The van der Waals surface area contributed by atoms with Crippen LogP contribution in [0.25, 0.3) is 27.5 Å². The van der Waals surface area contributed by atoms with Gasteiger partial charge in [-0.3, -0.25) is 0 Å². The van der Waals surface area contributed by atoms with E-state index in [9.17, 15) is 0 Å². The largest absolute Gasteiger partial charge is 0.366 e. The first-order valence-corrected chi connectivity index (χ1v) is 9.96. The molecule has 2 nitrogen and oxygen atoms in total. The van der Waals surface area contributed by atoms with Gasteiger partial charge in [0.1, 0.15) is 5.56 Å². The van der Waals surface area contributed by atoms with Gasteiger partial charge in [-0.1, -0.05) is 60.1 Å². The smallest absolute Gasteiger partial charge is 0.130 e. The van der Waals surface area contributed by atoms with Crippen LogP contribution in [0.2, 0.25) is 0 Å². The minimum absolute atomic E-state index is 0.164. The van der Waals surface area contributed by atoms with Crippen molar-refractivity contribution in [3.63, 3.8) is 0 Å². The van der Waals surface area contributed by atoms with E-state index < -0.39 is 0 Å². The molecule has 1 heterocycles. The summed E-state index contributed by atoms with van der Waals surface area (Å²) in [6, 6.07) is 26.2. The topological polar surface area (TPSA) is 14.2 Å². The van der Waals surface area contributed by atoms with Crippen molar-refractivity contribution < 1.29 is 4.74 Å². The van der Waals surface area contributed by atoms with Crippen LogP contribution >= 0.6 is 11.6 Å². The van der Waals surface area contributed by atoms with E-state index in [1.807, 2.05) is 0 Å². The SMILES string of the molecule is COC(Cl)CCCCc1ccc(-n2c3ccccc3c3ccccc32)cc1. The van der Waals surface area contributed by atoms with Crippen LogP contribution in [0.3, 0.4) is 0 Å². The van der Waals surface area contributed by atoms with Crippen molar-refractivity contribution in [1.29, 1.82) is 0 Å². The number of hydrogen-bond donors (Lipinski definition) is 0. The minimum Gasteiger partial charge on any atom is -0.366 e. The molecule has 0 aliphatic heterocycles. The van der Waals surface area contributed by atoms with E-state index in [-0.39, 0.29) is 5.56 Å². The van der Waals surface area contributed by atoms with Gasteiger partial charge >= 0.3 is 0 Å². The van der Waals surface area contributed by atoms with Crippen LogP contribution in [0.1, 0.15) is 24.8 Å². The van der Waals surface area contributed by atoms with Gasteiger partial charge in [0.05, 0.1) is 11.0 Å². The Labute approximate surface area is 165 Å². The fourth-order valence-corrected chi connectivity index (χ4v) is 3.92. The molecule has 0 amide bonds. The van der Waals surface area contributed by atoms with Crippen LogP contribution in [0.4, 0.5) is 0 Å². The number of benzene rings is 3. The third-order valence-corrected chi connectivity index (χ3v) is 5.57. The fourth-order valence-electron chi connectivity index (χ4n) is 3.76. The molecule has 138 valence electrons. The summed E-state index contributed by atoms with van der Waals surface area (Å²) in [5.74, 6) is 0. The molecule has 4 aromatic rings. The van der Waals surface area contributed by atoms with Gasteiger partial charge in [-0.05, 0) is 55.5 Å². The second-order valence-electron chi connectivity index (χ2n) is 6.93. The van der Waals surface area contributed by atoms with Gasteiger partial charge in [0.25, 0.3) is 0 Å². The lowest BCUT2D eigenvalue weighted by Gasteiger charge is -2.10. The summed E-state index contributed by atoms with van der Waals surface area (Å²) in [5, 5.41) is 2.59. The summed E-state index contributed by atoms with van der Waals surface area (Å²) >= 11 is 6.00. The number of ether oxygens (including phenoxy) is 1. The maximum absolute atomic E-state index is 6.00. The molecular formula is C24H24ClNO. The molecule has 0 saturated heterocycles. The quantitative estimate of drug-likeness (QED) is 0.258. The molecular weight excluding hydrogens is 354 g/mol. The number of rotatable bonds is 7. The van der Waals surface area contributed by atoms with Crippen LogP contribution in [0.15, 0.2) is 72.8 Å². The minimum atomic E-state index is -0.164. The van der Waals surface area contributed by atoms with Crippen LogP contribution in [-0.2, 0) is 11.2 Å². The van der Waals surface area contributed by atoms with E-state index in [4.69, 9.17) is 16.3 Å². The number of methoxy groups -OCH3 is 1. The normalized spacial score (nSPS) is 12.7. The number of hydrogen-bond acceptors (Lipinski definition) is 1. The van der Waals surface area contributed by atoms with Crippen LogP contribution in [0.5, 0.6) is 0 Å². The Hall–Kier alpha value is -2.29. The van der Waals surface area contributed by atoms with Gasteiger partial charge < -0.3 is 9.30 Å². The van der Waals surface area contributed by atoms with Gasteiger partial charge in [-0.25, -0.2) is 0 Å². The standard InChI is InChI=1S/C24H24ClNO/c1-27-24(25)13-7-2-8-18-14-16-19(17-15-18)26-22-11-5-3-9-20(22)21-10-4-6-12-23(21)26/h3-6,9-12,14-17,24H,2,7-8,13H2,1H3. The number of nitrogens with zero attached hydrogens (tertiary/aromatic N) is 1. The highest BCUT2D eigenvalue weighted by molar-refractivity contribution is 6.19. The highest BCUT2D eigenvalue weighted by Crippen LogP contribution is 2.31. The van der Waals surface area contributed by atoms with Crippen molar-refractivity contribution in [2.45, 2.75) is 31.2 Å². The zero-order chi connectivity index (χ0) is 18.6. The highest BCUT2D eigenvalue weighted by Gasteiger charge is 2.11. The summed E-state index contributed by atoms with van der Waals surface area (Å²) < 4.78 is 7.44. The third kappa shape index (κ3) is 3.73. The van der Waals surface area contributed by atoms with Gasteiger partial charge in [-0.2, -0.15) is 0 Å². The van der Waals surface area contributed by atoms with Crippen LogP contribution in [-0.4, -0.2) is 17.2 Å².